The van der Waals surface area contributed by atoms with Gasteiger partial charge in [0.25, 0.3) is 0 Å². The van der Waals surface area contributed by atoms with Gasteiger partial charge in [-0.3, -0.25) is 9.69 Å². The number of carbonyl (C=O) groups excluding carboxylic acids is 1. The van der Waals surface area contributed by atoms with Crippen LogP contribution in [0.15, 0.2) is 24.3 Å². The fourth-order valence-corrected chi connectivity index (χ4v) is 2.25. The number of Topliss-reactive ketones (excluding diaryl/α,β-unsaturated/α-hetero) is 1. The van der Waals surface area contributed by atoms with E-state index in [0.29, 0.717) is 24.5 Å². The van der Waals surface area contributed by atoms with E-state index in [1.807, 2.05) is 6.92 Å². The van der Waals surface area contributed by atoms with E-state index >= 15 is 0 Å². The Bertz CT molecular complexity index is 426. The van der Waals surface area contributed by atoms with Crippen LogP contribution in [0.3, 0.4) is 0 Å². The summed E-state index contributed by atoms with van der Waals surface area (Å²) >= 11 is 0. The maximum absolute atomic E-state index is 12.4. The molecule has 1 aromatic carbocycles. The summed E-state index contributed by atoms with van der Waals surface area (Å²) in [7, 11) is 0. The minimum absolute atomic E-state index is 0.0191. The highest BCUT2D eigenvalue weighted by Crippen LogP contribution is 2.15. The van der Waals surface area contributed by atoms with E-state index in [4.69, 9.17) is 14.6 Å². The van der Waals surface area contributed by atoms with Crippen molar-refractivity contribution in [3.05, 3.63) is 29.8 Å². The quantitative estimate of drug-likeness (QED) is 0.786. The molecule has 0 radical (unpaired) electrons. The number of benzene rings is 1. The topological polar surface area (TPSA) is 59.0 Å². The molecule has 5 nitrogen and oxygen atoms in total. The third-order valence-electron chi connectivity index (χ3n) is 3.47. The molecule has 20 heavy (non-hydrogen) atoms. The highest BCUT2D eigenvalue weighted by Gasteiger charge is 2.23. The van der Waals surface area contributed by atoms with Gasteiger partial charge in [-0.05, 0) is 31.2 Å². The second kappa shape index (κ2) is 7.38. The van der Waals surface area contributed by atoms with Crippen LogP contribution >= 0.6 is 0 Å². The largest absolute Gasteiger partial charge is 0.491 e. The third-order valence-corrected chi connectivity index (χ3v) is 3.47. The van der Waals surface area contributed by atoms with Gasteiger partial charge >= 0.3 is 0 Å². The molecule has 1 saturated heterocycles. The number of morpholine rings is 1. The first-order valence-electron chi connectivity index (χ1n) is 6.92. The van der Waals surface area contributed by atoms with Crippen molar-refractivity contribution >= 4 is 5.78 Å². The van der Waals surface area contributed by atoms with Crippen molar-refractivity contribution in [3.8, 4) is 5.75 Å². The lowest BCUT2D eigenvalue weighted by Crippen LogP contribution is -2.45. The number of nitrogens with zero attached hydrogens (tertiary/aromatic N) is 1. The van der Waals surface area contributed by atoms with Gasteiger partial charge in [-0.25, -0.2) is 0 Å². The fourth-order valence-electron chi connectivity index (χ4n) is 2.25. The highest BCUT2D eigenvalue weighted by atomic mass is 16.5. The molecule has 1 atom stereocenters. The van der Waals surface area contributed by atoms with Gasteiger partial charge in [0.1, 0.15) is 12.4 Å². The van der Waals surface area contributed by atoms with Crippen LogP contribution in [-0.2, 0) is 4.74 Å². The monoisotopic (exact) mass is 279 g/mol. The van der Waals surface area contributed by atoms with Gasteiger partial charge in [0.15, 0.2) is 5.78 Å². The lowest BCUT2D eigenvalue weighted by atomic mass is 10.0. The molecule has 1 unspecified atom stereocenters. The second-order valence-corrected chi connectivity index (χ2v) is 4.79. The van der Waals surface area contributed by atoms with Crippen LogP contribution in [0.25, 0.3) is 0 Å². The number of ether oxygens (including phenoxy) is 2. The summed E-state index contributed by atoms with van der Waals surface area (Å²) in [5, 5.41) is 8.69. The summed E-state index contributed by atoms with van der Waals surface area (Å²) in [5.41, 5.74) is 0.681. The van der Waals surface area contributed by atoms with Crippen molar-refractivity contribution in [2.45, 2.75) is 13.0 Å². The van der Waals surface area contributed by atoms with Gasteiger partial charge in [-0.15, -0.1) is 0 Å². The Labute approximate surface area is 119 Å². The third kappa shape index (κ3) is 3.79. The molecule has 1 fully saturated rings. The van der Waals surface area contributed by atoms with E-state index in [9.17, 15) is 4.79 Å². The number of carbonyl (C=O) groups is 1. The van der Waals surface area contributed by atoms with Crippen molar-refractivity contribution in [2.75, 3.05) is 39.5 Å². The molecule has 1 N–H and O–H groups in total. The number of aliphatic hydroxyl groups excluding tert-OH is 1. The van der Waals surface area contributed by atoms with Gasteiger partial charge in [0.05, 0.1) is 25.9 Å². The summed E-state index contributed by atoms with van der Waals surface area (Å²) in [6, 6.07) is 6.92. The standard InChI is InChI=1S/C15H21NO4/c1-12(16-6-9-19-10-7-16)15(18)13-2-4-14(5-3-13)20-11-8-17/h2-5,12,17H,6-11H2,1H3. The van der Waals surface area contributed by atoms with Crippen LogP contribution < -0.4 is 4.74 Å². The Morgan fingerprint density at radius 3 is 2.60 bits per heavy atom. The van der Waals surface area contributed by atoms with Crippen LogP contribution in [0, 0.1) is 0 Å². The van der Waals surface area contributed by atoms with Gasteiger partial charge in [-0.2, -0.15) is 0 Å². The number of ketones is 1. The summed E-state index contributed by atoms with van der Waals surface area (Å²) in [4.78, 5) is 14.5. The maximum atomic E-state index is 12.4. The minimum Gasteiger partial charge on any atom is -0.491 e. The number of hydrogen-bond acceptors (Lipinski definition) is 5. The molecule has 110 valence electrons. The Kier molecular flexibility index (Phi) is 5.52. The summed E-state index contributed by atoms with van der Waals surface area (Å²) < 4.78 is 10.6. The normalized spacial score (nSPS) is 17.7. The Morgan fingerprint density at radius 2 is 2.00 bits per heavy atom. The van der Waals surface area contributed by atoms with Crippen LogP contribution in [0.4, 0.5) is 0 Å². The summed E-state index contributed by atoms with van der Waals surface area (Å²) in [6.07, 6.45) is 0. The molecular weight excluding hydrogens is 258 g/mol. The predicted octanol–water partition coefficient (Wildman–Crippen LogP) is 0.961. The zero-order valence-corrected chi connectivity index (χ0v) is 11.7. The van der Waals surface area contributed by atoms with Crippen molar-refractivity contribution in [3.63, 3.8) is 0 Å². The molecule has 1 heterocycles. The second-order valence-electron chi connectivity index (χ2n) is 4.79. The Hall–Kier alpha value is -1.43. The van der Waals surface area contributed by atoms with E-state index in [1.54, 1.807) is 24.3 Å². The highest BCUT2D eigenvalue weighted by molar-refractivity contribution is 5.99. The van der Waals surface area contributed by atoms with Gasteiger partial charge in [0, 0.05) is 18.7 Å². The van der Waals surface area contributed by atoms with Crippen LogP contribution in [0.1, 0.15) is 17.3 Å². The molecule has 5 heteroatoms. The average Bonchev–Trinajstić information content (AvgIpc) is 2.53. The lowest BCUT2D eigenvalue weighted by molar-refractivity contribution is 0.0208. The summed E-state index contributed by atoms with van der Waals surface area (Å²) in [6.45, 7) is 5.14. The van der Waals surface area contributed by atoms with Gasteiger partial charge < -0.3 is 14.6 Å². The first-order valence-corrected chi connectivity index (χ1v) is 6.92. The summed E-state index contributed by atoms with van der Waals surface area (Å²) in [5.74, 6) is 0.773. The smallest absolute Gasteiger partial charge is 0.179 e. The molecule has 0 amide bonds. The predicted molar refractivity (Wildman–Crippen MR) is 75.2 cm³/mol. The van der Waals surface area contributed by atoms with Crippen molar-refractivity contribution in [2.24, 2.45) is 0 Å². The van der Waals surface area contributed by atoms with Crippen molar-refractivity contribution in [1.29, 1.82) is 0 Å². The fraction of sp³-hybridized carbons (Fsp3) is 0.533. The van der Waals surface area contributed by atoms with E-state index in [0.717, 1.165) is 13.1 Å². The average molecular weight is 279 g/mol. The minimum atomic E-state index is -0.136. The van der Waals surface area contributed by atoms with E-state index in [1.165, 1.54) is 0 Å². The molecule has 1 aliphatic heterocycles. The molecule has 1 aromatic rings. The molecule has 2 rings (SSSR count). The van der Waals surface area contributed by atoms with Crippen LogP contribution in [0.5, 0.6) is 5.75 Å². The molecule has 0 saturated carbocycles. The molecular formula is C15H21NO4. The number of hydrogen-bond donors (Lipinski definition) is 1. The number of rotatable bonds is 6. The first-order chi connectivity index (χ1) is 9.72. The maximum Gasteiger partial charge on any atom is 0.179 e. The van der Waals surface area contributed by atoms with E-state index < -0.39 is 0 Å². The zero-order chi connectivity index (χ0) is 14.4. The molecule has 0 bridgehead atoms. The van der Waals surface area contributed by atoms with E-state index in [-0.39, 0.29) is 25.0 Å². The lowest BCUT2D eigenvalue weighted by Gasteiger charge is -2.31. The molecule has 0 aliphatic carbocycles. The van der Waals surface area contributed by atoms with Crippen molar-refractivity contribution in [1.82, 2.24) is 4.90 Å². The van der Waals surface area contributed by atoms with Crippen LogP contribution in [-0.4, -0.2) is 61.3 Å². The van der Waals surface area contributed by atoms with Crippen LogP contribution in [0.2, 0.25) is 0 Å². The zero-order valence-electron chi connectivity index (χ0n) is 11.7. The van der Waals surface area contributed by atoms with Gasteiger partial charge in [-0.1, -0.05) is 0 Å². The van der Waals surface area contributed by atoms with Crippen molar-refractivity contribution < 1.29 is 19.4 Å². The first kappa shape index (κ1) is 15.0. The molecule has 0 aromatic heterocycles. The SMILES string of the molecule is CC(C(=O)c1ccc(OCCO)cc1)N1CCOCC1. The Balaban J connectivity index is 1.97. The Morgan fingerprint density at radius 1 is 1.35 bits per heavy atom. The molecule has 0 spiro atoms. The van der Waals surface area contributed by atoms with E-state index in [2.05, 4.69) is 4.90 Å². The molecule has 1 aliphatic rings. The number of aliphatic hydroxyl groups is 1. The van der Waals surface area contributed by atoms with Gasteiger partial charge in [0.2, 0.25) is 0 Å².